The van der Waals surface area contributed by atoms with Gasteiger partial charge in [-0.25, -0.2) is 0 Å². The van der Waals surface area contributed by atoms with Gasteiger partial charge in [0, 0.05) is 18.2 Å². The van der Waals surface area contributed by atoms with E-state index in [0.717, 1.165) is 38.0 Å². The van der Waals surface area contributed by atoms with Crippen LogP contribution < -0.4 is 10.1 Å². The van der Waals surface area contributed by atoms with Crippen molar-refractivity contribution in [2.24, 2.45) is 0 Å². The van der Waals surface area contributed by atoms with E-state index in [1.54, 1.807) is 7.11 Å². The summed E-state index contributed by atoms with van der Waals surface area (Å²) in [4.78, 5) is 14.7. The second-order valence-corrected chi connectivity index (χ2v) is 6.01. The number of hydrogen-bond acceptors (Lipinski definition) is 3. The molecule has 4 nitrogen and oxygen atoms in total. The quantitative estimate of drug-likeness (QED) is 0.845. The van der Waals surface area contributed by atoms with E-state index in [0.29, 0.717) is 11.9 Å². The van der Waals surface area contributed by atoms with Crippen molar-refractivity contribution in [3.8, 4) is 5.75 Å². The van der Waals surface area contributed by atoms with Gasteiger partial charge in [0.2, 0.25) is 5.91 Å². The lowest BCUT2D eigenvalue weighted by Gasteiger charge is -2.50. The number of piperidine rings is 1. The van der Waals surface area contributed by atoms with E-state index in [2.05, 4.69) is 16.3 Å². The summed E-state index contributed by atoms with van der Waals surface area (Å²) in [6, 6.07) is 6.88. The molecule has 1 amide bonds. The third kappa shape index (κ3) is 1.61. The minimum atomic E-state index is 0.0529. The summed E-state index contributed by atoms with van der Waals surface area (Å²) in [5.74, 6) is 1.26. The van der Waals surface area contributed by atoms with Gasteiger partial charge in [0.1, 0.15) is 5.75 Å². The van der Waals surface area contributed by atoms with Gasteiger partial charge in [-0.3, -0.25) is 4.79 Å². The molecular formula is C16H20N2O2. The summed E-state index contributed by atoms with van der Waals surface area (Å²) in [5.41, 5.74) is 2.57. The monoisotopic (exact) mass is 272 g/mol. The number of ether oxygens (including phenoxy) is 1. The molecule has 1 aromatic carbocycles. The highest BCUT2D eigenvalue weighted by Crippen LogP contribution is 2.41. The van der Waals surface area contributed by atoms with Gasteiger partial charge in [-0.15, -0.1) is 0 Å². The van der Waals surface area contributed by atoms with Crippen molar-refractivity contribution in [1.29, 1.82) is 0 Å². The highest BCUT2D eigenvalue weighted by atomic mass is 16.5. The number of methoxy groups -OCH3 is 1. The number of piperazine rings is 1. The molecule has 0 aromatic heterocycles. The van der Waals surface area contributed by atoms with Gasteiger partial charge in [0.15, 0.2) is 0 Å². The fourth-order valence-electron chi connectivity index (χ4n) is 4.15. The van der Waals surface area contributed by atoms with Crippen LogP contribution in [0.15, 0.2) is 18.2 Å². The minimum absolute atomic E-state index is 0.0529. The van der Waals surface area contributed by atoms with Crippen molar-refractivity contribution in [3.05, 3.63) is 29.3 Å². The molecule has 3 aliphatic heterocycles. The van der Waals surface area contributed by atoms with Crippen LogP contribution in [-0.2, 0) is 11.2 Å². The first-order valence-electron chi connectivity index (χ1n) is 7.52. The summed E-state index contributed by atoms with van der Waals surface area (Å²) < 4.78 is 5.50. The predicted molar refractivity (Wildman–Crippen MR) is 75.7 cm³/mol. The molecule has 2 fully saturated rings. The topological polar surface area (TPSA) is 41.6 Å². The van der Waals surface area contributed by atoms with Crippen LogP contribution in [0.2, 0.25) is 0 Å². The number of nitrogens with zero attached hydrogens (tertiary/aromatic N) is 1. The van der Waals surface area contributed by atoms with Crippen LogP contribution in [0.4, 0.5) is 0 Å². The maximum Gasteiger partial charge on any atom is 0.240 e. The highest BCUT2D eigenvalue weighted by molar-refractivity contribution is 5.84. The van der Waals surface area contributed by atoms with Gasteiger partial charge in [-0.2, -0.15) is 0 Å². The first-order valence-corrected chi connectivity index (χ1v) is 7.52. The van der Waals surface area contributed by atoms with Crippen LogP contribution in [0.3, 0.4) is 0 Å². The third-order valence-electron chi connectivity index (χ3n) is 5.03. The Hall–Kier alpha value is -1.55. The number of fused-ring (bicyclic) bond motifs is 6. The summed E-state index contributed by atoms with van der Waals surface area (Å²) in [6.45, 7) is 0.825. The molecular weight excluding hydrogens is 252 g/mol. The fraction of sp³-hybridized carbons (Fsp3) is 0.562. The van der Waals surface area contributed by atoms with Crippen molar-refractivity contribution < 1.29 is 9.53 Å². The molecule has 0 saturated carbocycles. The Morgan fingerprint density at radius 1 is 1.35 bits per heavy atom. The molecule has 1 aromatic rings. The number of carbonyl (C=O) groups excluding carboxylic acids is 1. The molecule has 106 valence electrons. The van der Waals surface area contributed by atoms with Crippen molar-refractivity contribution >= 4 is 5.91 Å². The first-order chi connectivity index (χ1) is 9.79. The normalized spacial score (nSPS) is 31.6. The van der Waals surface area contributed by atoms with Gasteiger partial charge in [-0.05, 0) is 37.3 Å². The van der Waals surface area contributed by atoms with E-state index in [-0.39, 0.29) is 12.1 Å². The maximum atomic E-state index is 12.6. The molecule has 0 spiro atoms. The average molecular weight is 272 g/mol. The predicted octanol–water partition coefficient (Wildman–Crippen LogP) is 1.65. The molecule has 2 saturated heterocycles. The van der Waals surface area contributed by atoms with Crippen molar-refractivity contribution in [2.45, 2.75) is 43.8 Å². The zero-order chi connectivity index (χ0) is 13.7. The van der Waals surface area contributed by atoms with E-state index in [1.807, 2.05) is 12.1 Å². The van der Waals surface area contributed by atoms with Crippen molar-refractivity contribution in [3.63, 3.8) is 0 Å². The summed E-state index contributed by atoms with van der Waals surface area (Å²) in [7, 11) is 1.73. The lowest BCUT2D eigenvalue weighted by atomic mass is 9.80. The molecule has 4 heteroatoms. The number of nitrogens with one attached hydrogen (secondary N) is 1. The van der Waals surface area contributed by atoms with Crippen LogP contribution in [0.5, 0.6) is 5.75 Å². The van der Waals surface area contributed by atoms with Gasteiger partial charge in [0.05, 0.1) is 19.2 Å². The van der Waals surface area contributed by atoms with Crippen LogP contribution in [0.1, 0.15) is 36.4 Å². The van der Waals surface area contributed by atoms with E-state index in [9.17, 15) is 4.79 Å². The Kier molecular flexibility index (Phi) is 2.74. The first kappa shape index (κ1) is 12.2. The molecule has 4 rings (SSSR count). The average Bonchev–Trinajstić information content (AvgIpc) is 2.51. The number of rotatable bonds is 1. The number of amides is 1. The number of hydrogen-bond donors (Lipinski definition) is 1. The van der Waals surface area contributed by atoms with Gasteiger partial charge in [0.25, 0.3) is 0 Å². The van der Waals surface area contributed by atoms with Gasteiger partial charge in [-0.1, -0.05) is 12.1 Å². The van der Waals surface area contributed by atoms with Crippen LogP contribution >= 0.6 is 0 Å². The molecule has 1 N–H and O–H groups in total. The SMILES string of the molecule is COc1cccc2c1CCN1C(=O)C3CCCC(N3)C21. The Labute approximate surface area is 119 Å². The summed E-state index contributed by atoms with van der Waals surface area (Å²) in [5, 5.41) is 3.55. The molecule has 3 aliphatic rings. The van der Waals surface area contributed by atoms with Crippen molar-refractivity contribution in [1.82, 2.24) is 10.2 Å². The molecule has 20 heavy (non-hydrogen) atoms. The van der Waals surface area contributed by atoms with Gasteiger partial charge < -0.3 is 15.0 Å². The number of benzene rings is 1. The second kappa shape index (κ2) is 4.48. The Morgan fingerprint density at radius 3 is 3.10 bits per heavy atom. The lowest BCUT2D eigenvalue weighted by molar-refractivity contribution is -0.143. The van der Waals surface area contributed by atoms with Crippen LogP contribution in [-0.4, -0.2) is 36.5 Å². The standard InChI is InChI=1S/C16H20N2O2/c1-20-14-7-2-4-11-10(14)8-9-18-15(11)12-5-3-6-13(17-12)16(18)19/h2,4,7,12-13,15,17H,3,5-6,8-9H2,1H3. The van der Waals surface area contributed by atoms with Crippen molar-refractivity contribution in [2.75, 3.05) is 13.7 Å². The summed E-state index contributed by atoms with van der Waals surface area (Å²) >= 11 is 0. The number of carbonyl (C=O) groups is 1. The molecule has 0 aliphatic carbocycles. The van der Waals surface area contributed by atoms with E-state index < -0.39 is 0 Å². The minimum Gasteiger partial charge on any atom is -0.496 e. The highest BCUT2D eigenvalue weighted by Gasteiger charge is 2.46. The van der Waals surface area contributed by atoms with E-state index in [4.69, 9.17) is 4.74 Å². The molecule has 0 radical (unpaired) electrons. The molecule has 2 bridgehead atoms. The third-order valence-corrected chi connectivity index (χ3v) is 5.03. The second-order valence-electron chi connectivity index (χ2n) is 6.01. The molecule has 3 atom stereocenters. The molecule has 3 unspecified atom stereocenters. The molecule has 3 heterocycles. The Morgan fingerprint density at radius 2 is 2.25 bits per heavy atom. The van der Waals surface area contributed by atoms with E-state index >= 15 is 0 Å². The largest absolute Gasteiger partial charge is 0.496 e. The Balaban J connectivity index is 1.80. The van der Waals surface area contributed by atoms with Gasteiger partial charge >= 0.3 is 0 Å². The zero-order valence-electron chi connectivity index (χ0n) is 11.8. The van der Waals surface area contributed by atoms with Crippen LogP contribution in [0, 0.1) is 0 Å². The zero-order valence-corrected chi connectivity index (χ0v) is 11.8. The Bertz CT molecular complexity index is 557. The fourth-order valence-corrected chi connectivity index (χ4v) is 4.15. The smallest absolute Gasteiger partial charge is 0.240 e. The summed E-state index contributed by atoms with van der Waals surface area (Å²) in [6.07, 6.45) is 4.20. The maximum absolute atomic E-state index is 12.6. The lowest BCUT2D eigenvalue weighted by Crippen LogP contribution is -2.64. The van der Waals surface area contributed by atoms with E-state index in [1.165, 1.54) is 11.1 Å². The van der Waals surface area contributed by atoms with Crippen LogP contribution in [0.25, 0.3) is 0 Å².